The summed E-state index contributed by atoms with van der Waals surface area (Å²) in [7, 11) is 3.54. The molecule has 0 aliphatic rings. The molecule has 0 aliphatic heterocycles. The lowest BCUT2D eigenvalue weighted by Gasteiger charge is -2.14. The van der Waals surface area contributed by atoms with Gasteiger partial charge >= 0.3 is 6.03 Å². The largest absolute Gasteiger partial charge is 0.493 e. The van der Waals surface area contributed by atoms with Crippen molar-refractivity contribution in [3.63, 3.8) is 0 Å². The summed E-state index contributed by atoms with van der Waals surface area (Å²) in [6.45, 7) is 0.385. The van der Waals surface area contributed by atoms with E-state index in [2.05, 4.69) is 20.6 Å². The molecule has 0 spiro atoms. The molecule has 10 heteroatoms. The van der Waals surface area contributed by atoms with Crippen molar-refractivity contribution in [3.05, 3.63) is 108 Å². The Morgan fingerprint density at radius 3 is 2.60 bits per heavy atom. The van der Waals surface area contributed by atoms with Crippen LogP contribution in [-0.4, -0.2) is 27.7 Å². The summed E-state index contributed by atoms with van der Waals surface area (Å²) in [5.41, 5.74) is 3.83. The van der Waals surface area contributed by atoms with Crippen LogP contribution in [0, 0.1) is 0 Å². The van der Waals surface area contributed by atoms with Crippen LogP contribution in [0.3, 0.4) is 0 Å². The average Bonchev–Trinajstić information content (AvgIpc) is 3.37. The van der Waals surface area contributed by atoms with Crippen molar-refractivity contribution < 1.29 is 19.0 Å². The van der Waals surface area contributed by atoms with Crippen molar-refractivity contribution in [1.29, 1.82) is 0 Å². The first-order chi connectivity index (χ1) is 20.5. The molecule has 0 radical (unpaired) electrons. The number of ether oxygens (including phenoxy) is 3. The minimum Gasteiger partial charge on any atom is -0.493 e. The molecule has 0 saturated heterocycles. The number of fused-ring (bicyclic) bond motifs is 2. The summed E-state index contributed by atoms with van der Waals surface area (Å²) in [6.07, 6.45) is 3.39. The summed E-state index contributed by atoms with van der Waals surface area (Å²) in [5.74, 6) is 1.83. The molecule has 210 valence electrons. The number of nitrogens with zero attached hydrogens (tertiary/aromatic N) is 3. The van der Waals surface area contributed by atoms with Crippen LogP contribution < -0.4 is 24.8 Å². The van der Waals surface area contributed by atoms with Crippen LogP contribution in [0.15, 0.2) is 97.5 Å². The van der Waals surface area contributed by atoms with Crippen molar-refractivity contribution in [2.45, 2.75) is 6.61 Å². The van der Waals surface area contributed by atoms with Gasteiger partial charge in [0.1, 0.15) is 18.7 Å². The number of hydrogen-bond acceptors (Lipinski definition) is 6. The molecular formula is C32H26ClN5O4. The topological polar surface area (TPSA) is 99.5 Å². The fourth-order valence-electron chi connectivity index (χ4n) is 4.55. The Kier molecular flexibility index (Phi) is 7.49. The fourth-order valence-corrected chi connectivity index (χ4v) is 4.76. The molecule has 42 heavy (non-hydrogen) atoms. The third-order valence-corrected chi connectivity index (χ3v) is 6.98. The predicted molar refractivity (Wildman–Crippen MR) is 164 cm³/mol. The van der Waals surface area contributed by atoms with Crippen LogP contribution in [0.5, 0.6) is 23.1 Å². The smallest absolute Gasteiger partial charge is 0.323 e. The number of urea groups is 1. The Bertz CT molecular complexity index is 1910. The molecule has 4 aromatic carbocycles. The summed E-state index contributed by atoms with van der Waals surface area (Å²) < 4.78 is 19.7. The van der Waals surface area contributed by atoms with Gasteiger partial charge in [0.25, 0.3) is 0 Å². The quantitative estimate of drug-likeness (QED) is 0.191. The number of hydrogen-bond donors (Lipinski definition) is 2. The van der Waals surface area contributed by atoms with Crippen molar-refractivity contribution in [2.75, 3.05) is 17.7 Å². The van der Waals surface area contributed by atoms with E-state index < -0.39 is 6.03 Å². The van der Waals surface area contributed by atoms with E-state index >= 15 is 0 Å². The first-order valence-corrected chi connectivity index (χ1v) is 13.4. The van der Waals surface area contributed by atoms with Gasteiger partial charge in [-0.1, -0.05) is 41.9 Å². The van der Waals surface area contributed by atoms with Crippen LogP contribution in [-0.2, 0) is 13.7 Å². The number of methoxy groups -OCH3 is 1. The van der Waals surface area contributed by atoms with E-state index in [9.17, 15) is 4.79 Å². The monoisotopic (exact) mass is 579 g/mol. The SMILES string of the molecule is COc1cc2c(Oc3ccc(NC(=O)Nc4ccc5c(ccn5C)c4)c(Cl)c3)ncnc2cc1OCc1ccccc1. The normalized spacial score (nSPS) is 10.9. The highest BCUT2D eigenvalue weighted by Crippen LogP contribution is 2.37. The summed E-state index contributed by atoms with van der Waals surface area (Å²) in [4.78, 5) is 21.4. The first kappa shape index (κ1) is 26.9. The van der Waals surface area contributed by atoms with Crippen LogP contribution in [0.1, 0.15) is 5.56 Å². The highest BCUT2D eigenvalue weighted by Gasteiger charge is 2.15. The Hall–Kier alpha value is -5.28. The molecule has 0 atom stereocenters. The third kappa shape index (κ3) is 5.77. The number of amides is 2. The van der Waals surface area contributed by atoms with E-state index in [-0.39, 0.29) is 0 Å². The van der Waals surface area contributed by atoms with Crippen LogP contribution >= 0.6 is 11.6 Å². The zero-order valence-corrected chi connectivity index (χ0v) is 23.6. The molecule has 0 saturated carbocycles. The molecule has 6 aromatic rings. The molecule has 9 nitrogen and oxygen atoms in total. The van der Waals surface area contributed by atoms with E-state index in [1.165, 1.54) is 6.33 Å². The van der Waals surface area contributed by atoms with Crippen molar-refractivity contribution in [3.8, 4) is 23.1 Å². The number of halogens is 1. The molecule has 2 heterocycles. The Morgan fingerprint density at radius 1 is 0.929 bits per heavy atom. The standard InChI is InChI=1S/C32H26ClN5O4/c1-38-13-12-21-14-22(8-11-28(21)38)36-32(39)37-26-10-9-23(15-25(26)33)42-31-24-16-29(40-2)30(17-27(24)34-19-35-31)41-18-20-6-4-3-5-7-20/h3-17,19H,18H2,1-2H3,(H2,36,37,39). The summed E-state index contributed by atoms with van der Waals surface area (Å²) in [6, 6.07) is 25.7. The minimum atomic E-state index is -0.417. The van der Waals surface area contributed by atoms with Crippen LogP contribution in [0.2, 0.25) is 5.02 Å². The lowest BCUT2D eigenvalue weighted by Crippen LogP contribution is -2.19. The van der Waals surface area contributed by atoms with Gasteiger partial charge in [0.15, 0.2) is 11.5 Å². The Morgan fingerprint density at radius 2 is 1.79 bits per heavy atom. The highest BCUT2D eigenvalue weighted by molar-refractivity contribution is 6.34. The van der Waals surface area contributed by atoms with Gasteiger partial charge in [-0.05, 0) is 48.0 Å². The van der Waals surface area contributed by atoms with E-state index in [1.54, 1.807) is 37.4 Å². The van der Waals surface area contributed by atoms with Crippen molar-refractivity contribution in [2.24, 2.45) is 7.05 Å². The number of anilines is 2. The van der Waals surface area contributed by atoms with Gasteiger partial charge in [0.2, 0.25) is 5.88 Å². The number of aromatic nitrogens is 3. The second-order valence-electron chi connectivity index (χ2n) is 9.50. The lowest BCUT2D eigenvalue weighted by atomic mass is 10.2. The second-order valence-corrected chi connectivity index (χ2v) is 9.90. The Balaban J connectivity index is 1.16. The van der Waals surface area contributed by atoms with Gasteiger partial charge in [-0.2, -0.15) is 0 Å². The average molecular weight is 580 g/mol. The zero-order valence-electron chi connectivity index (χ0n) is 22.8. The van der Waals surface area contributed by atoms with E-state index in [0.29, 0.717) is 57.0 Å². The number of carbonyl (C=O) groups excluding carboxylic acids is 1. The molecule has 6 rings (SSSR count). The van der Waals surface area contributed by atoms with Gasteiger partial charge < -0.3 is 29.4 Å². The van der Waals surface area contributed by atoms with Crippen LogP contribution in [0.4, 0.5) is 16.2 Å². The molecule has 0 unspecified atom stereocenters. The molecule has 2 aromatic heterocycles. The number of aryl methyl sites for hydroxylation is 1. The highest BCUT2D eigenvalue weighted by atomic mass is 35.5. The van der Waals surface area contributed by atoms with E-state index in [4.69, 9.17) is 25.8 Å². The number of benzene rings is 4. The minimum absolute atomic E-state index is 0.300. The molecular weight excluding hydrogens is 554 g/mol. The number of carbonyl (C=O) groups is 1. The maximum absolute atomic E-state index is 12.7. The van der Waals surface area contributed by atoms with Gasteiger partial charge in [-0.15, -0.1) is 0 Å². The van der Waals surface area contributed by atoms with Gasteiger partial charge in [-0.25, -0.2) is 14.8 Å². The maximum atomic E-state index is 12.7. The molecule has 0 aliphatic carbocycles. The summed E-state index contributed by atoms with van der Waals surface area (Å²) >= 11 is 6.50. The maximum Gasteiger partial charge on any atom is 0.323 e. The first-order valence-electron chi connectivity index (χ1n) is 13.1. The van der Waals surface area contributed by atoms with Gasteiger partial charge in [0, 0.05) is 42.0 Å². The van der Waals surface area contributed by atoms with E-state index in [0.717, 1.165) is 16.5 Å². The zero-order chi connectivity index (χ0) is 29.1. The van der Waals surface area contributed by atoms with Crippen molar-refractivity contribution in [1.82, 2.24) is 14.5 Å². The molecule has 0 bridgehead atoms. The van der Waals surface area contributed by atoms with Gasteiger partial charge in [-0.3, -0.25) is 0 Å². The summed E-state index contributed by atoms with van der Waals surface area (Å²) in [5, 5.41) is 7.58. The molecule has 2 N–H and O–H groups in total. The van der Waals surface area contributed by atoms with Crippen molar-refractivity contribution >= 4 is 50.8 Å². The van der Waals surface area contributed by atoms with Gasteiger partial charge in [0.05, 0.1) is 28.7 Å². The molecule has 0 fully saturated rings. The second kappa shape index (κ2) is 11.7. The van der Waals surface area contributed by atoms with E-state index in [1.807, 2.05) is 72.4 Å². The van der Waals surface area contributed by atoms with Crippen LogP contribution in [0.25, 0.3) is 21.8 Å². The molecule has 2 amide bonds. The fraction of sp³-hybridized carbons (Fsp3) is 0.0938. The number of nitrogens with one attached hydrogen (secondary N) is 2. The lowest BCUT2D eigenvalue weighted by molar-refractivity contribution is 0.262. The predicted octanol–water partition coefficient (Wildman–Crippen LogP) is 7.80. The third-order valence-electron chi connectivity index (χ3n) is 6.67. The Labute approximate surface area is 246 Å². The number of rotatable bonds is 8.